The molecule has 2 heterocycles. The zero-order chi connectivity index (χ0) is 12.6. The van der Waals surface area contributed by atoms with Crippen molar-refractivity contribution in [2.75, 3.05) is 7.05 Å². The second-order valence-electron chi connectivity index (χ2n) is 3.98. The topological polar surface area (TPSA) is 92.2 Å². The standard InChI is InChI=1S/C10H16N6O/c1-3-16-8-5-15(17)4-7(8)13-10(16)9(12)14(2)6-11/h6,11-12,17H,3-5H2,1-2H3. The summed E-state index contributed by atoms with van der Waals surface area (Å²) in [5.41, 5.74) is 1.76. The molecule has 1 aromatic heterocycles. The van der Waals surface area contributed by atoms with Crippen LogP contribution in [0, 0.1) is 10.8 Å². The zero-order valence-corrected chi connectivity index (χ0v) is 9.93. The van der Waals surface area contributed by atoms with E-state index in [4.69, 9.17) is 10.8 Å². The van der Waals surface area contributed by atoms with Gasteiger partial charge in [-0.25, -0.2) is 4.98 Å². The Hall–Kier alpha value is -1.73. The maximum absolute atomic E-state index is 9.42. The quantitative estimate of drug-likeness (QED) is 0.525. The molecule has 0 aliphatic carbocycles. The predicted molar refractivity (Wildman–Crippen MR) is 62.3 cm³/mol. The third-order valence-electron chi connectivity index (χ3n) is 2.89. The molecule has 3 N–H and O–H groups in total. The fourth-order valence-corrected chi connectivity index (χ4v) is 1.98. The summed E-state index contributed by atoms with van der Waals surface area (Å²) in [6.07, 6.45) is 1.08. The van der Waals surface area contributed by atoms with Crippen molar-refractivity contribution in [2.45, 2.75) is 26.6 Å². The molecule has 0 unspecified atom stereocenters. The summed E-state index contributed by atoms with van der Waals surface area (Å²) in [5.74, 6) is 0.748. The van der Waals surface area contributed by atoms with Crippen LogP contribution >= 0.6 is 0 Å². The molecule has 2 rings (SSSR count). The summed E-state index contributed by atoms with van der Waals surface area (Å²) < 4.78 is 1.91. The minimum absolute atomic E-state index is 0.195. The molecule has 0 saturated carbocycles. The van der Waals surface area contributed by atoms with Crippen LogP contribution in [0.5, 0.6) is 0 Å². The lowest BCUT2D eigenvalue weighted by Gasteiger charge is -2.15. The van der Waals surface area contributed by atoms with Gasteiger partial charge in [-0.1, -0.05) is 0 Å². The van der Waals surface area contributed by atoms with E-state index in [9.17, 15) is 5.21 Å². The molecular weight excluding hydrogens is 220 g/mol. The minimum Gasteiger partial charge on any atom is -0.324 e. The Morgan fingerprint density at radius 3 is 2.88 bits per heavy atom. The lowest BCUT2D eigenvalue weighted by molar-refractivity contribution is -0.0986. The molecule has 7 heteroatoms. The molecule has 0 amide bonds. The van der Waals surface area contributed by atoms with E-state index in [1.54, 1.807) is 7.05 Å². The minimum atomic E-state index is 0.195. The number of hydrogen-bond donors (Lipinski definition) is 3. The van der Waals surface area contributed by atoms with Crippen LogP contribution in [-0.4, -0.2) is 43.9 Å². The Labute approximate surface area is 99.3 Å². The van der Waals surface area contributed by atoms with Gasteiger partial charge in [0.2, 0.25) is 0 Å². The summed E-state index contributed by atoms with van der Waals surface area (Å²) >= 11 is 0. The van der Waals surface area contributed by atoms with E-state index in [0.717, 1.165) is 17.7 Å². The molecule has 0 spiro atoms. The Kier molecular flexibility index (Phi) is 2.95. The Bertz CT molecular complexity index is 466. The SMILES string of the molecule is CCn1c(C(=N)N(C)C=N)nc2c1CN(O)C2. The molecule has 92 valence electrons. The van der Waals surface area contributed by atoms with Crippen LogP contribution < -0.4 is 0 Å². The van der Waals surface area contributed by atoms with Gasteiger partial charge < -0.3 is 14.7 Å². The van der Waals surface area contributed by atoms with Gasteiger partial charge in [-0.3, -0.25) is 10.8 Å². The highest BCUT2D eigenvalue weighted by Crippen LogP contribution is 2.22. The first-order valence-corrected chi connectivity index (χ1v) is 5.43. The highest BCUT2D eigenvalue weighted by atomic mass is 16.5. The van der Waals surface area contributed by atoms with Gasteiger partial charge in [0, 0.05) is 13.6 Å². The predicted octanol–water partition coefficient (Wildman–Crippen LogP) is 0.472. The maximum atomic E-state index is 9.42. The van der Waals surface area contributed by atoms with Crippen LogP contribution in [0.25, 0.3) is 0 Å². The number of hydrogen-bond acceptors (Lipinski definition) is 5. The molecule has 0 saturated heterocycles. The van der Waals surface area contributed by atoms with Crippen LogP contribution in [0.2, 0.25) is 0 Å². The summed E-state index contributed by atoms with van der Waals surface area (Å²) in [7, 11) is 1.65. The van der Waals surface area contributed by atoms with Crippen molar-refractivity contribution in [3.05, 3.63) is 17.2 Å². The molecular formula is C10H16N6O. The van der Waals surface area contributed by atoms with Gasteiger partial charge in [0.25, 0.3) is 0 Å². The lowest BCUT2D eigenvalue weighted by Crippen LogP contribution is -2.28. The summed E-state index contributed by atoms with van der Waals surface area (Å²) in [6.45, 7) is 3.51. The smallest absolute Gasteiger partial charge is 0.176 e. The van der Waals surface area contributed by atoms with Crippen molar-refractivity contribution in [2.24, 2.45) is 0 Å². The molecule has 0 aromatic carbocycles. The van der Waals surface area contributed by atoms with Gasteiger partial charge in [-0.2, -0.15) is 5.06 Å². The van der Waals surface area contributed by atoms with Crippen LogP contribution in [0.1, 0.15) is 24.1 Å². The van der Waals surface area contributed by atoms with Crippen molar-refractivity contribution in [3.8, 4) is 0 Å². The first-order valence-electron chi connectivity index (χ1n) is 5.43. The van der Waals surface area contributed by atoms with Gasteiger partial charge in [0.15, 0.2) is 11.7 Å². The molecule has 0 bridgehead atoms. The fraction of sp³-hybridized carbons (Fsp3) is 0.500. The highest BCUT2D eigenvalue weighted by Gasteiger charge is 2.27. The summed E-state index contributed by atoms with van der Waals surface area (Å²) in [4.78, 5) is 5.78. The molecule has 0 fully saturated rings. The molecule has 1 aliphatic heterocycles. The first-order chi connectivity index (χ1) is 8.08. The van der Waals surface area contributed by atoms with E-state index in [2.05, 4.69) is 4.98 Å². The largest absolute Gasteiger partial charge is 0.324 e. The Balaban J connectivity index is 2.40. The third-order valence-corrected chi connectivity index (χ3v) is 2.89. The molecule has 17 heavy (non-hydrogen) atoms. The van der Waals surface area contributed by atoms with Crippen LogP contribution in [-0.2, 0) is 19.6 Å². The van der Waals surface area contributed by atoms with Crippen LogP contribution in [0.15, 0.2) is 0 Å². The Morgan fingerprint density at radius 2 is 2.29 bits per heavy atom. The van der Waals surface area contributed by atoms with Gasteiger partial charge in [0.05, 0.1) is 30.8 Å². The molecule has 1 aliphatic rings. The molecule has 0 atom stereocenters. The van der Waals surface area contributed by atoms with E-state index in [0.29, 0.717) is 25.5 Å². The first kappa shape index (κ1) is 11.7. The normalized spacial score (nSPS) is 14.8. The van der Waals surface area contributed by atoms with Gasteiger partial charge >= 0.3 is 0 Å². The Morgan fingerprint density at radius 1 is 1.59 bits per heavy atom. The number of aromatic nitrogens is 2. The molecule has 1 aromatic rings. The molecule has 0 radical (unpaired) electrons. The summed E-state index contributed by atoms with van der Waals surface area (Å²) in [5, 5.41) is 25.7. The fourth-order valence-electron chi connectivity index (χ4n) is 1.98. The van der Waals surface area contributed by atoms with E-state index < -0.39 is 0 Å². The second-order valence-corrected chi connectivity index (χ2v) is 3.98. The number of hydroxylamine groups is 2. The summed E-state index contributed by atoms with van der Waals surface area (Å²) in [6, 6.07) is 0. The van der Waals surface area contributed by atoms with Crippen molar-refractivity contribution in [1.29, 1.82) is 10.8 Å². The highest BCUT2D eigenvalue weighted by molar-refractivity contribution is 5.99. The number of nitrogens with zero attached hydrogens (tertiary/aromatic N) is 4. The second kappa shape index (κ2) is 4.27. The van der Waals surface area contributed by atoms with Crippen molar-refractivity contribution in [3.63, 3.8) is 0 Å². The van der Waals surface area contributed by atoms with E-state index in [1.807, 2.05) is 11.5 Å². The van der Waals surface area contributed by atoms with E-state index >= 15 is 0 Å². The average Bonchev–Trinajstić information content (AvgIpc) is 2.82. The van der Waals surface area contributed by atoms with Crippen molar-refractivity contribution in [1.82, 2.24) is 19.5 Å². The average molecular weight is 236 g/mol. The van der Waals surface area contributed by atoms with Crippen molar-refractivity contribution < 1.29 is 5.21 Å². The number of amidine groups is 1. The number of fused-ring (bicyclic) bond motifs is 1. The zero-order valence-electron chi connectivity index (χ0n) is 9.93. The van der Waals surface area contributed by atoms with Crippen LogP contribution in [0.4, 0.5) is 0 Å². The van der Waals surface area contributed by atoms with Gasteiger partial charge in [-0.05, 0) is 6.92 Å². The van der Waals surface area contributed by atoms with Crippen LogP contribution in [0.3, 0.4) is 0 Å². The van der Waals surface area contributed by atoms with E-state index in [-0.39, 0.29) is 5.84 Å². The monoisotopic (exact) mass is 236 g/mol. The van der Waals surface area contributed by atoms with E-state index in [1.165, 1.54) is 9.96 Å². The number of rotatable bonds is 3. The third kappa shape index (κ3) is 1.83. The maximum Gasteiger partial charge on any atom is 0.176 e. The number of nitrogens with one attached hydrogen (secondary N) is 2. The molecule has 7 nitrogen and oxygen atoms in total. The number of imidazole rings is 1. The van der Waals surface area contributed by atoms with Gasteiger partial charge in [0.1, 0.15) is 0 Å². The van der Waals surface area contributed by atoms with Gasteiger partial charge in [-0.15, -0.1) is 0 Å². The van der Waals surface area contributed by atoms with Crippen molar-refractivity contribution >= 4 is 12.2 Å². The lowest BCUT2D eigenvalue weighted by atomic mass is 10.4.